The zero-order valence-corrected chi connectivity index (χ0v) is 9.60. The van der Waals surface area contributed by atoms with Crippen LogP contribution in [0, 0.1) is 0 Å². The van der Waals surface area contributed by atoms with Crippen molar-refractivity contribution < 1.29 is 28.7 Å². The molecule has 1 atom stereocenters. The van der Waals surface area contributed by atoms with E-state index in [2.05, 4.69) is 0 Å². The van der Waals surface area contributed by atoms with E-state index in [-0.39, 0.29) is 19.4 Å². The summed E-state index contributed by atoms with van der Waals surface area (Å²) in [4.78, 5) is 38.7. The molecule has 0 aliphatic carbocycles. The van der Waals surface area contributed by atoms with Gasteiger partial charge in [0.25, 0.3) is 11.8 Å². The first-order valence-corrected chi connectivity index (χ1v) is 5.28. The van der Waals surface area contributed by atoms with Crippen LogP contribution >= 0.6 is 0 Å². The van der Waals surface area contributed by atoms with Crippen molar-refractivity contribution in [1.29, 1.82) is 0 Å². The Labute approximate surface area is 97.6 Å². The Balaban J connectivity index is 1.94. The number of carbonyl (C=O) groups is 3. The summed E-state index contributed by atoms with van der Waals surface area (Å²) < 4.78 is 10.4. The Hall–Kier alpha value is -1.47. The minimum Gasteiger partial charge on any atom is -0.347 e. The standard InChI is InChI=1S/C10H13NO6/c1-10(2)15-5-6(16-10)9(14)17-11-7(12)3-4-8(11)13/h6H,3-5H2,1-2H3/t6-/m0/s1. The fourth-order valence-electron chi connectivity index (χ4n) is 1.61. The Morgan fingerprint density at radius 1 is 1.35 bits per heavy atom. The second-order valence-electron chi connectivity index (χ2n) is 4.31. The minimum atomic E-state index is -0.911. The smallest absolute Gasteiger partial charge is 0.347 e. The number of rotatable bonds is 2. The molecule has 2 saturated heterocycles. The molecule has 0 radical (unpaired) electrons. The number of amides is 2. The van der Waals surface area contributed by atoms with E-state index >= 15 is 0 Å². The molecule has 0 aromatic rings. The quantitative estimate of drug-likeness (QED) is 0.622. The SMILES string of the molecule is CC1(C)OC[C@@H](C(=O)ON2C(=O)CCC2=O)O1. The van der Waals surface area contributed by atoms with Crippen molar-refractivity contribution in [2.24, 2.45) is 0 Å². The van der Waals surface area contributed by atoms with Crippen molar-refractivity contribution in [3.63, 3.8) is 0 Å². The second-order valence-corrected chi connectivity index (χ2v) is 4.31. The van der Waals surface area contributed by atoms with E-state index in [1.807, 2.05) is 0 Å². The molecule has 94 valence electrons. The average Bonchev–Trinajstić information content (AvgIpc) is 2.75. The highest BCUT2D eigenvalue weighted by atomic mass is 16.8. The van der Waals surface area contributed by atoms with Crippen LogP contribution in [-0.2, 0) is 28.7 Å². The summed E-state index contributed by atoms with van der Waals surface area (Å²) in [5.41, 5.74) is 0. The van der Waals surface area contributed by atoms with Gasteiger partial charge in [0.15, 0.2) is 11.9 Å². The van der Waals surface area contributed by atoms with E-state index in [0.717, 1.165) is 0 Å². The zero-order valence-electron chi connectivity index (χ0n) is 9.60. The third-order valence-electron chi connectivity index (χ3n) is 2.46. The predicted octanol–water partition coefficient (Wildman–Crippen LogP) is -0.255. The molecule has 2 aliphatic rings. The first-order valence-electron chi connectivity index (χ1n) is 5.28. The Morgan fingerprint density at radius 3 is 2.41 bits per heavy atom. The molecule has 2 aliphatic heterocycles. The van der Waals surface area contributed by atoms with Crippen molar-refractivity contribution in [3.8, 4) is 0 Å². The maximum Gasteiger partial charge on any atom is 0.364 e. The molecule has 0 bridgehead atoms. The maximum atomic E-state index is 11.6. The van der Waals surface area contributed by atoms with Crippen LogP contribution in [0.3, 0.4) is 0 Å². The van der Waals surface area contributed by atoms with Crippen LogP contribution in [0.25, 0.3) is 0 Å². The molecule has 7 nitrogen and oxygen atoms in total. The molecule has 0 spiro atoms. The Bertz CT molecular complexity index is 361. The lowest BCUT2D eigenvalue weighted by atomic mass is 10.4. The van der Waals surface area contributed by atoms with E-state index in [1.54, 1.807) is 13.8 Å². The van der Waals surface area contributed by atoms with Crippen LogP contribution < -0.4 is 0 Å². The number of hydrogen-bond acceptors (Lipinski definition) is 6. The summed E-state index contributed by atoms with van der Waals surface area (Å²) in [6, 6.07) is 0. The van der Waals surface area contributed by atoms with E-state index in [4.69, 9.17) is 14.3 Å². The van der Waals surface area contributed by atoms with Crippen LogP contribution in [0.4, 0.5) is 0 Å². The molecule has 0 aromatic heterocycles. The van der Waals surface area contributed by atoms with E-state index in [0.29, 0.717) is 5.06 Å². The Kier molecular flexibility index (Phi) is 2.88. The van der Waals surface area contributed by atoms with Gasteiger partial charge >= 0.3 is 5.97 Å². The number of hydrogen-bond donors (Lipinski definition) is 0. The van der Waals surface area contributed by atoms with Gasteiger partial charge in [-0.25, -0.2) is 4.79 Å². The number of nitrogens with zero attached hydrogens (tertiary/aromatic N) is 1. The molecule has 2 amide bonds. The molecule has 2 rings (SSSR count). The van der Waals surface area contributed by atoms with E-state index < -0.39 is 29.7 Å². The summed E-state index contributed by atoms with van der Waals surface area (Å²) in [5.74, 6) is -2.68. The van der Waals surface area contributed by atoms with Gasteiger partial charge in [-0.05, 0) is 13.8 Å². The third kappa shape index (κ3) is 2.45. The molecule has 0 unspecified atom stereocenters. The average molecular weight is 243 g/mol. The normalized spacial score (nSPS) is 27.6. The van der Waals surface area contributed by atoms with Gasteiger partial charge in [-0.15, -0.1) is 5.06 Å². The summed E-state index contributed by atoms with van der Waals surface area (Å²) in [6.45, 7) is 3.36. The van der Waals surface area contributed by atoms with Crippen LogP contribution in [0.2, 0.25) is 0 Å². The molecule has 7 heteroatoms. The molecular formula is C10H13NO6. The van der Waals surface area contributed by atoms with Crippen LogP contribution in [0.1, 0.15) is 26.7 Å². The summed E-state index contributed by atoms with van der Waals surface area (Å²) in [6.07, 6.45) is -0.773. The Morgan fingerprint density at radius 2 is 1.94 bits per heavy atom. The monoisotopic (exact) mass is 243 g/mol. The lowest BCUT2D eigenvalue weighted by Crippen LogP contribution is -2.38. The lowest BCUT2D eigenvalue weighted by molar-refractivity contribution is -0.208. The summed E-state index contributed by atoms with van der Waals surface area (Å²) >= 11 is 0. The van der Waals surface area contributed by atoms with Crippen molar-refractivity contribution in [2.75, 3.05) is 6.61 Å². The lowest BCUT2D eigenvalue weighted by Gasteiger charge is -2.17. The van der Waals surface area contributed by atoms with Crippen LogP contribution in [-0.4, -0.2) is 41.3 Å². The van der Waals surface area contributed by atoms with Gasteiger partial charge in [-0.3, -0.25) is 9.59 Å². The summed E-state index contributed by atoms with van der Waals surface area (Å²) in [5, 5.41) is 0.497. The first-order chi connectivity index (χ1) is 7.89. The van der Waals surface area contributed by atoms with Crippen LogP contribution in [0.5, 0.6) is 0 Å². The summed E-state index contributed by atoms with van der Waals surface area (Å²) in [7, 11) is 0. The topological polar surface area (TPSA) is 82.1 Å². The van der Waals surface area contributed by atoms with Gasteiger partial charge in [0.2, 0.25) is 0 Å². The number of hydroxylamine groups is 2. The molecule has 0 aromatic carbocycles. The van der Waals surface area contributed by atoms with Crippen molar-refractivity contribution in [2.45, 2.75) is 38.6 Å². The molecular weight excluding hydrogens is 230 g/mol. The highest BCUT2D eigenvalue weighted by molar-refractivity contribution is 6.01. The number of carbonyl (C=O) groups excluding carboxylic acids is 3. The number of ether oxygens (including phenoxy) is 2. The largest absolute Gasteiger partial charge is 0.364 e. The zero-order chi connectivity index (χ0) is 12.6. The van der Waals surface area contributed by atoms with E-state index in [1.165, 1.54) is 0 Å². The fraction of sp³-hybridized carbons (Fsp3) is 0.700. The molecule has 2 fully saturated rings. The molecule has 17 heavy (non-hydrogen) atoms. The predicted molar refractivity (Wildman–Crippen MR) is 52.1 cm³/mol. The van der Waals surface area contributed by atoms with E-state index in [9.17, 15) is 14.4 Å². The molecule has 0 N–H and O–H groups in total. The van der Waals surface area contributed by atoms with Gasteiger partial charge < -0.3 is 14.3 Å². The highest BCUT2D eigenvalue weighted by Crippen LogP contribution is 2.23. The van der Waals surface area contributed by atoms with Crippen LogP contribution in [0.15, 0.2) is 0 Å². The second kappa shape index (κ2) is 4.08. The maximum absolute atomic E-state index is 11.6. The molecule has 0 saturated carbocycles. The number of imide groups is 1. The van der Waals surface area contributed by atoms with Crippen molar-refractivity contribution >= 4 is 17.8 Å². The van der Waals surface area contributed by atoms with Gasteiger partial charge in [-0.2, -0.15) is 0 Å². The minimum absolute atomic E-state index is 0.0437. The van der Waals surface area contributed by atoms with Crippen molar-refractivity contribution in [1.82, 2.24) is 5.06 Å². The fourth-order valence-corrected chi connectivity index (χ4v) is 1.61. The van der Waals surface area contributed by atoms with Gasteiger partial charge in [0.05, 0.1) is 6.61 Å². The third-order valence-corrected chi connectivity index (χ3v) is 2.46. The van der Waals surface area contributed by atoms with Gasteiger partial charge in [-0.1, -0.05) is 0 Å². The first kappa shape index (κ1) is 12.0. The van der Waals surface area contributed by atoms with Gasteiger partial charge in [0.1, 0.15) is 0 Å². The molecule has 2 heterocycles. The highest BCUT2D eigenvalue weighted by Gasteiger charge is 2.41. The van der Waals surface area contributed by atoms with Gasteiger partial charge in [0, 0.05) is 12.8 Å². The van der Waals surface area contributed by atoms with Crippen molar-refractivity contribution in [3.05, 3.63) is 0 Å².